The van der Waals surface area contributed by atoms with Crippen LogP contribution in [0.4, 0.5) is 4.79 Å². The van der Waals surface area contributed by atoms with Crippen molar-refractivity contribution < 1.29 is 4.79 Å². The minimum atomic E-state index is -0.319. The summed E-state index contributed by atoms with van der Waals surface area (Å²) in [6.45, 7) is 4.88. The minimum Gasteiger partial charge on any atom is -0.337 e. The van der Waals surface area contributed by atoms with Crippen molar-refractivity contribution in [3.8, 4) is 0 Å². The average Bonchev–Trinajstić information content (AvgIpc) is 1.87. The number of amides is 2. The van der Waals surface area contributed by atoms with Gasteiger partial charge in [0.1, 0.15) is 0 Å². The highest BCUT2D eigenvalue weighted by Gasteiger charge is 1.96. The molecule has 0 aliphatic rings. The van der Waals surface area contributed by atoms with Crippen molar-refractivity contribution in [2.75, 3.05) is 6.54 Å². The Morgan fingerprint density at radius 3 is 2.60 bits per heavy atom. The molecule has 0 fully saturated rings. The van der Waals surface area contributed by atoms with Crippen LogP contribution in [-0.2, 0) is 0 Å². The van der Waals surface area contributed by atoms with Crippen LogP contribution < -0.4 is 16.6 Å². The molecule has 0 rings (SSSR count). The molecule has 0 aromatic heterocycles. The van der Waals surface area contributed by atoms with E-state index >= 15 is 0 Å². The summed E-state index contributed by atoms with van der Waals surface area (Å²) in [6, 6.07) is -0.319. The Bertz CT molecular complexity index is 103. The second-order valence-corrected chi connectivity index (χ2v) is 2.58. The number of carbonyl (C=O) groups is 1. The Kier molecular flexibility index (Phi) is 4.66. The quantitative estimate of drug-likeness (QED) is 0.302. The first-order valence-corrected chi connectivity index (χ1v) is 3.41. The topological polar surface area (TPSA) is 67.2 Å². The van der Waals surface area contributed by atoms with Crippen molar-refractivity contribution in [2.24, 2.45) is 11.8 Å². The van der Waals surface area contributed by atoms with Crippen LogP contribution in [0.2, 0.25) is 0 Å². The van der Waals surface area contributed by atoms with Gasteiger partial charge in [-0.2, -0.15) is 0 Å². The molecule has 0 bridgehead atoms. The maximum absolute atomic E-state index is 10.4. The Labute approximate surface area is 61.1 Å². The summed E-state index contributed by atoms with van der Waals surface area (Å²) in [5.74, 6) is 5.44. The maximum Gasteiger partial charge on any atom is 0.328 e. The lowest BCUT2D eigenvalue weighted by Gasteiger charge is -2.05. The fourth-order valence-electron chi connectivity index (χ4n) is 0.525. The predicted octanol–water partition coefficient (Wildman–Crippen LogP) is 0.205. The molecule has 0 aromatic carbocycles. The minimum absolute atomic E-state index is 0.319. The Morgan fingerprint density at radius 2 is 2.20 bits per heavy atom. The molecule has 4 heteroatoms. The molecule has 60 valence electrons. The van der Waals surface area contributed by atoms with Gasteiger partial charge < -0.3 is 5.32 Å². The van der Waals surface area contributed by atoms with E-state index in [4.69, 9.17) is 5.84 Å². The van der Waals surface area contributed by atoms with Crippen molar-refractivity contribution in [3.05, 3.63) is 0 Å². The molecule has 0 spiro atoms. The monoisotopic (exact) mass is 145 g/mol. The first-order valence-electron chi connectivity index (χ1n) is 3.41. The molecule has 0 atom stereocenters. The third-order valence-corrected chi connectivity index (χ3v) is 1.14. The van der Waals surface area contributed by atoms with Crippen LogP contribution in [-0.4, -0.2) is 12.6 Å². The zero-order chi connectivity index (χ0) is 7.98. The van der Waals surface area contributed by atoms with Crippen LogP contribution in [0.5, 0.6) is 0 Å². The summed E-state index contributed by atoms with van der Waals surface area (Å²) in [5.41, 5.74) is 1.99. The number of rotatable bonds is 3. The maximum atomic E-state index is 10.4. The van der Waals surface area contributed by atoms with Crippen molar-refractivity contribution in [3.63, 3.8) is 0 Å². The third-order valence-electron chi connectivity index (χ3n) is 1.14. The number of hydrogen-bond acceptors (Lipinski definition) is 2. The van der Waals surface area contributed by atoms with Gasteiger partial charge in [0.2, 0.25) is 0 Å². The number of carbonyl (C=O) groups excluding carboxylic acids is 1. The highest BCUT2D eigenvalue weighted by Crippen LogP contribution is 1.95. The summed E-state index contributed by atoms with van der Waals surface area (Å²) in [4.78, 5) is 10.4. The molecule has 4 nitrogen and oxygen atoms in total. The van der Waals surface area contributed by atoms with Crippen molar-refractivity contribution in [2.45, 2.75) is 20.3 Å². The average molecular weight is 145 g/mol. The van der Waals surface area contributed by atoms with Gasteiger partial charge in [0.25, 0.3) is 0 Å². The summed E-state index contributed by atoms with van der Waals surface area (Å²) >= 11 is 0. The summed E-state index contributed by atoms with van der Waals surface area (Å²) in [6.07, 6.45) is 0.980. The van der Waals surface area contributed by atoms with E-state index in [0.717, 1.165) is 6.42 Å². The summed E-state index contributed by atoms with van der Waals surface area (Å²) < 4.78 is 0. The van der Waals surface area contributed by atoms with E-state index < -0.39 is 0 Å². The molecular weight excluding hydrogens is 130 g/mol. The number of nitrogens with one attached hydrogen (secondary N) is 2. The molecule has 0 saturated heterocycles. The van der Waals surface area contributed by atoms with Crippen LogP contribution in [0.15, 0.2) is 0 Å². The highest BCUT2D eigenvalue weighted by molar-refractivity contribution is 5.72. The van der Waals surface area contributed by atoms with E-state index in [2.05, 4.69) is 19.2 Å². The summed E-state index contributed by atoms with van der Waals surface area (Å²) in [7, 11) is 0. The van der Waals surface area contributed by atoms with E-state index in [9.17, 15) is 4.79 Å². The standard InChI is InChI=1S/C6H15N3O/c1-5(2)3-4-8-6(10)9-7/h5H,3-4,7H2,1-2H3,(H2,8,9,10). The Balaban J connectivity index is 3.12. The predicted molar refractivity (Wildman–Crippen MR) is 40.2 cm³/mol. The van der Waals surface area contributed by atoms with Gasteiger partial charge in [0.05, 0.1) is 0 Å². The van der Waals surface area contributed by atoms with Crippen LogP contribution in [0.1, 0.15) is 20.3 Å². The summed E-state index contributed by atoms with van der Waals surface area (Å²) in [5, 5.41) is 2.59. The van der Waals surface area contributed by atoms with Gasteiger partial charge >= 0.3 is 6.03 Å². The van der Waals surface area contributed by atoms with Crippen molar-refractivity contribution in [1.82, 2.24) is 10.7 Å². The number of nitrogens with two attached hydrogens (primary N) is 1. The third kappa shape index (κ3) is 5.37. The van der Waals surface area contributed by atoms with E-state index in [1.165, 1.54) is 0 Å². The van der Waals surface area contributed by atoms with Gasteiger partial charge in [0, 0.05) is 6.54 Å². The van der Waals surface area contributed by atoms with Crippen LogP contribution in [0.25, 0.3) is 0 Å². The fourth-order valence-corrected chi connectivity index (χ4v) is 0.525. The molecule has 0 aliphatic heterocycles. The van der Waals surface area contributed by atoms with Crippen molar-refractivity contribution >= 4 is 6.03 Å². The highest BCUT2D eigenvalue weighted by atomic mass is 16.2. The number of hydrogen-bond donors (Lipinski definition) is 3. The van der Waals surface area contributed by atoms with Gasteiger partial charge in [-0.05, 0) is 12.3 Å². The Morgan fingerprint density at radius 1 is 1.60 bits per heavy atom. The molecular formula is C6H15N3O. The molecule has 4 N–H and O–H groups in total. The van der Waals surface area contributed by atoms with Crippen molar-refractivity contribution in [1.29, 1.82) is 0 Å². The van der Waals surface area contributed by atoms with Gasteiger partial charge in [-0.15, -0.1) is 0 Å². The van der Waals surface area contributed by atoms with Crippen LogP contribution in [0, 0.1) is 5.92 Å². The van der Waals surface area contributed by atoms with E-state index in [0.29, 0.717) is 12.5 Å². The molecule has 10 heavy (non-hydrogen) atoms. The van der Waals surface area contributed by atoms with E-state index in [-0.39, 0.29) is 6.03 Å². The molecule has 0 saturated carbocycles. The van der Waals surface area contributed by atoms with Gasteiger partial charge in [0.15, 0.2) is 0 Å². The first kappa shape index (κ1) is 9.23. The molecule has 0 aromatic rings. The normalized spacial score (nSPS) is 9.60. The number of urea groups is 1. The fraction of sp³-hybridized carbons (Fsp3) is 0.833. The second kappa shape index (κ2) is 5.05. The zero-order valence-electron chi connectivity index (χ0n) is 6.48. The SMILES string of the molecule is CC(C)CCNC(=O)NN. The lowest BCUT2D eigenvalue weighted by Crippen LogP contribution is -2.40. The van der Waals surface area contributed by atoms with Gasteiger partial charge in [-0.3, -0.25) is 5.43 Å². The van der Waals surface area contributed by atoms with Gasteiger partial charge in [-0.1, -0.05) is 13.8 Å². The molecule has 0 aliphatic carbocycles. The lowest BCUT2D eigenvalue weighted by molar-refractivity contribution is 0.240. The van der Waals surface area contributed by atoms with E-state index in [1.807, 2.05) is 5.43 Å². The van der Waals surface area contributed by atoms with Gasteiger partial charge in [-0.25, -0.2) is 10.6 Å². The second-order valence-electron chi connectivity index (χ2n) is 2.58. The molecule has 2 amide bonds. The first-order chi connectivity index (χ1) is 4.66. The smallest absolute Gasteiger partial charge is 0.328 e. The molecule has 0 unspecified atom stereocenters. The molecule has 0 radical (unpaired) electrons. The van der Waals surface area contributed by atoms with E-state index in [1.54, 1.807) is 0 Å². The molecule has 0 heterocycles. The van der Waals surface area contributed by atoms with Crippen LogP contribution >= 0.6 is 0 Å². The lowest BCUT2D eigenvalue weighted by atomic mass is 10.1. The van der Waals surface area contributed by atoms with Crippen LogP contribution in [0.3, 0.4) is 0 Å². The Hall–Kier alpha value is -0.770. The number of hydrazine groups is 1. The largest absolute Gasteiger partial charge is 0.337 e. The zero-order valence-corrected chi connectivity index (χ0v) is 6.48.